The van der Waals surface area contributed by atoms with Crippen LogP contribution in [-0.2, 0) is 14.3 Å². The normalized spacial score (nSPS) is 22.4. The van der Waals surface area contributed by atoms with Crippen molar-refractivity contribution in [2.75, 3.05) is 11.9 Å². The molecular formula is C21H25NO5. The quantitative estimate of drug-likeness (QED) is 0.641. The lowest BCUT2D eigenvalue weighted by Gasteiger charge is -2.31. The minimum Gasteiger partial charge on any atom is -0.455 e. The third-order valence-electron chi connectivity index (χ3n) is 5.38. The van der Waals surface area contributed by atoms with Crippen molar-refractivity contribution in [3.05, 3.63) is 30.4 Å². The summed E-state index contributed by atoms with van der Waals surface area (Å²) in [4.78, 5) is 24.1. The summed E-state index contributed by atoms with van der Waals surface area (Å²) in [5, 5.41) is 2.76. The van der Waals surface area contributed by atoms with Crippen LogP contribution in [0.15, 0.2) is 30.4 Å². The molecule has 0 unspecified atom stereocenters. The van der Waals surface area contributed by atoms with Crippen molar-refractivity contribution in [1.29, 1.82) is 0 Å². The molecule has 1 aliphatic heterocycles. The third kappa shape index (κ3) is 4.10. The van der Waals surface area contributed by atoms with E-state index in [1.54, 1.807) is 12.1 Å². The molecule has 2 aliphatic carbocycles. The standard InChI is InChI=1S/C21H25NO5/c23-19(14-25-20(24)15-7-3-1-4-8-15)22-16-9-10-17-18(13-16)27-21(26-17)11-5-2-6-12-21/h1,3,9-10,13,15H,2,4-8,11-12,14H2,(H,22,23)/t15-/m1/s1. The molecule has 1 amide bonds. The fourth-order valence-corrected chi connectivity index (χ4v) is 3.93. The number of allylic oxidation sites excluding steroid dienone is 2. The molecule has 27 heavy (non-hydrogen) atoms. The molecule has 144 valence electrons. The van der Waals surface area contributed by atoms with E-state index >= 15 is 0 Å². The second-order valence-electron chi connectivity index (χ2n) is 7.47. The van der Waals surface area contributed by atoms with Crippen molar-refractivity contribution in [3.8, 4) is 11.5 Å². The summed E-state index contributed by atoms with van der Waals surface area (Å²) in [6.45, 7) is -0.280. The number of ether oxygens (including phenoxy) is 3. The molecule has 1 fully saturated rings. The van der Waals surface area contributed by atoms with Crippen molar-refractivity contribution in [2.24, 2.45) is 5.92 Å². The molecule has 6 nitrogen and oxygen atoms in total. The number of hydrogen-bond acceptors (Lipinski definition) is 5. The predicted octanol–water partition coefficient (Wildman–Crippen LogP) is 3.96. The molecule has 1 N–H and O–H groups in total. The summed E-state index contributed by atoms with van der Waals surface area (Å²) in [6.07, 6.45) is 11.6. The summed E-state index contributed by atoms with van der Waals surface area (Å²) in [7, 11) is 0. The topological polar surface area (TPSA) is 73.9 Å². The molecule has 3 aliphatic rings. The number of rotatable bonds is 4. The maximum atomic E-state index is 12.1. The number of amides is 1. The molecular weight excluding hydrogens is 346 g/mol. The van der Waals surface area contributed by atoms with Crippen molar-refractivity contribution in [1.82, 2.24) is 0 Å². The van der Waals surface area contributed by atoms with Gasteiger partial charge in [-0.05, 0) is 44.2 Å². The van der Waals surface area contributed by atoms with Gasteiger partial charge in [-0.2, -0.15) is 0 Å². The van der Waals surface area contributed by atoms with E-state index in [0.717, 1.165) is 38.5 Å². The summed E-state index contributed by atoms with van der Waals surface area (Å²) >= 11 is 0. The Morgan fingerprint density at radius 1 is 1.11 bits per heavy atom. The van der Waals surface area contributed by atoms with Crippen LogP contribution in [-0.4, -0.2) is 24.3 Å². The van der Waals surface area contributed by atoms with Gasteiger partial charge in [-0.25, -0.2) is 0 Å². The molecule has 1 aromatic rings. The Bertz CT molecular complexity index is 751. The fourth-order valence-electron chi connectivity index (χ4n) is 3.93. The zero-order chi connectivity index (χ0) is 18.7. The highest BCUT2D eigenvalue weighted by molar-refractivity contribution is 5.93. The Labute approximate surface area is 158 Å². The van der Waals surface area contributed by atoms with Gasteiger partial charge in [-0.3, -0.25) is 9.59 Å². The second kappa shape index (κ2) is 7.62. The number of carbonyl (C=O) groups is 2. The molecule has 1 atom stereocenters. The molecule has 6 heteroatoms. The Morgan fingerprint density at radius 2 is 1.93 bits per heavy atom. The van der Waals surface area contributed by atoms with Gasteiger partial charge in [-0.15, -0.1) is 0 Å². The van der Waals surface area contributed by atoms with Gasteiger partial charge in [0.1, 0.15) is 0 Å². The lowest BCUT2D eigenvalue weighted by molar-refractivity contribution is -0.151. The predicted molar refractivity (Wildman–Crippen MR) is 99.6 cm³/mol. The average molecular weight is 371 g/mol. The van der Waals surface area contributed by atoms with E-state index in [2.05, 4.69) is 11.4 Å². The number of hydrogen-bond donors (Lipinski definition) is 1. The van der Waals surface area contributed by atoms with E-state index in [-0.39, 0.29) is 24.4 Å². The van der Waals surface area contributed by atoms with Gasteiger partial charge in [0.05, 0.1) is 5.92 Å². The van der Waals surface area contributed by atoms with Gasteiger partial charge < -0.3 is 19.5 Å². The van der Waals surface area contributed by atoms with Gasteiger partial charge in [0.25, 0.3) is 11.7 Å². The molecule has 0 saturated heterocycles. The van der Waals surface area contributed by atoms with Crippen LogP contribution in [0, 0.1) is 5.92 Å². The first-order valence-corrected chi connectivity index (χ1v) is 9.77. The van der Waals surface area contributed by atoms with Crippen LogP contribution in [0.25, 0.3) is 0 Å². The number of carbonyl (C=O) groups excluding carboxylic acids is 2. The fraction of sp³-hybridized carbons (Fsp3) is 0.524. The van der Waals surface area contributed by atoms with Crippen LogP contribution >= 0.6 is 0 Å². The van der Waals surface area contributed by atoms with Crippen LogP contribution in [0.3, 0.4) is 0 Å². The van der Waals surface area contributed by atoms with Crippen molar-refractivity contribution >= 4 is 17.6 Å². The van der Waals surface area contributed by atoms with Crippen molar-refractivity contribution in [2.45, 2.75) is 57.2 Å². The minimum absolute atomic E-state index is 0.139. The molecule has 1 heterocycles. The van der Waals surface area contributed by atoms with Gasteiger partial charge in [-0.1, -0.05) is 18.6 Å². The molecule has 0 aromatic heterocycles. The van der Waals surface area contributed by atoms with Crippen molar-refractivity contribution in [3.63, 3.8) is 0 Å². The van der Waals surface area contributed by atoms with Gasteiger partial charge in [0, 0.05) is 24.6 Å². The van der Waals surface area contributed by atoms with E-state index in [9.17, 15) is 9.59 Å². The van der Waals surface area contributed by atoms with Crippen LogP contribution in [0.1, 0.15) is 51.4 Å². The Balaban J connectivity index is 1.30. The maximum absolute atomic E-state index is 12.1. The lowest BCUT2D eigenvalue weighted by atomic mass is 9.94. The van der Waals surface area contributed by atoms with Crippen LogP contribution in [0.5, 0.6) is 11.5 Å². The minimum atomic E-state index is -0.535. The number of esters is 1. The smallest absolute Gasteiger partial charge is 0.309 e. The monoisotopic (exact) mass is 371 g/mol. The molecule has 1 spiro atoms. The average Bonchev–Trinajstić information content (AvgIpc) is 3.03. The zero-order valence-corrected chi connectivity index (χ0v) is 15.4. The first-order chi connectivity index (χ1) is 13.1. The number of anilines is 1. The van der Waals surface area contributed by atoms with E-state index < -0.39 is 5.79 Å². The molecule has 0 bridgehead atoms. The summed E-state index contributed by atoms with van der Waals surface area (Å²) < 4.78 is 17.3. The van der Waals surface area contributed by atoms with E-state index in [0.29, 0.717) is 23.6 Å². The van der Waals surface area contributed by atoms with Gasteiger partial charge in [0.15, 0.2) is 18.1 Å². The highest BCUT2D eigenvalue weighted by atomic mass is 16.7. The Hall–Kier alpha value is -2.50. The molecule has 0 radical (unpaired) electrons. The highest BCUT2D eigenvalue weighted by Crippen LogP contribution is 2.46. The largest absolute Gasteiger partial charge is 0.455 e. The number of nitrogens with one attached hydrogen (secondary N) is 1. The summed E-state index contributed by atoms with van der Waals surface area (Å²) in [6, 6.07) is 5.36. The molecule has 4 rings (SSSR count). The Morgan fingerprint density at radius 3 is 2.70 bits per heavy atom. The third-order valence-corrected chi connectivity index (χ3v) is 5.38. The second-order valence-corrected chi connectivity index (χ2v) is 7.47. The zero-order valence-electron chi connectivity index (χ0n) is 15.4. The first kappa shape index (κ1) is 17.9. The highest BCUT2D eigenvalue weighted by Gasteiger charge is 2.42. The van der Waals surface area contributed by atoms with Gasteiger partial charge >= 0.3 is 5.97 Å². The van der Waals surface area contributed by atoms with E-state index in [1.807, 2.05) is 12.1 Å². The van der Waals surface area contributed by atoms with Gasteiger partial charge in [0.2, 0.25) is 0 Å². The molecule has 1 aromatic carbocycles. The van der Waals surface area contributed by atoms with E-state index in [1.165, 1.54) is 6.42 Å². The first-order valence-electron chi connectivity index (χ1n) is 9.77. The summed E-state index contributed by atoms with van der Waals surface area (Å²) in [5.41, 5.74) is 0.604. The van der Waals surface area contributed by atoms with Crippen LogP contribution < -0.4 is 14.8 Å². The number of benzene rings is 1. The van der Waals surface area contributed by atoms with Crippen molar-refractivity contribution < 1.29 is 23.8 Å². The SMILES string of the molecule is O=C(COC(=O)[C@@H]1CC=CCC1)Nc1ccc2c(c1)OC1(CCCCC1)O2. The number of fused-ring (bicyclic) bond motifs is 1. The van der Waals surface area contributed by atoms with E-state index in [4.69, 9.17) is 14.2 Å². The maximum Gasteiger partial charge on any atom is 0.309 e. The Kier molecular flexibility index (Phi) is 5.05. The summed E-state index contributed by atoms with van der Waals surface area (Å²) in [5.74, 6) is 0.0282. The molecule has 1 saturated carbocycles. The van der Waals surface area contributed by atoms with Crippen LogP contribution in [0.4, 0.5) is 5.69 Å². The lowest BCUT2D eigenvalue weighted by Crippen LogP contribution is -2.40. The van der Waals surface area contributed by atoms with Crippen LogP contribution in [0.2, 0.25) is 0 Å².